The van der Waals surface area contributed by atoms with Gasteiger partial charge in [0, 0.05) is 13.1 Å². The highest BCUT2D eigenvalue weighted by Crippen LogP contribution is 2.32. The molecule has 0 unspecified atom stereocenters. The minimum atomic E-state index is -0.105. The first-order chi connectivity index (χ1) is 10.4. The zero-order valence-electron chi connectivity index (χ0n) is 13.8. The van der Waals surface area contributed by atoms with Gasteiger partial charge in [-0.05, 0) is 47.2 Å². The smallest absolute Gasteiger partial charge is 0.286 e. The predicted octanol–water partition coefficient (Wildman–Crippen LogP) is 4.63. The van der Waals surface area contributed by atoms with Crippen molar-refractivity contribution < 1.29 is 4.79 Å². The number of amides is 1. The van der Waals surface area contributed by atoms with Crippen molar-refractivity contribution in [2.45, 2.75) is 39.0 Å². The van der Waals surface area contributed by atoms with Crippen molar-refractivity contribution in [1.82, 2.24) is 4.90 Å². The lowest BCUT2D eigenvalue weighted by Gasteiger charge is -2.18. The van der Waals surface area contributed by atoms with E-state index in [4.69, 9.17) is 0 Å². The Morgan fingerprint density at radius 2 is 1.74 bits per heavy atom. The van der Waals surface area contributed by atoms with E-state index in [9.17, 15) is 4.79 Å². The Labute approximate surface area is 153 Å². The molecule has 1 fully saturated rings. The average molecular weight is 395 g/mol. The Kier molecular flexibility index (Phi) is 5.74. The topological polar surface area (TPSA) is 32.7 Å². The number of hydrogen-bond acceptors (Lipinski definition) is 3. The molecule has 3 nitrogen and oxygen atoms in total. The summed E-state index contributed by atoms with van der Waals surface area (Å²) in [5.41, 5.74) is 2.51. The fourth-order valence-corrected chi connectivity index (χ4v) is 3.64. The van der Waals surface area contributed by atoms with Gasteiger partial charge in [0.05, 0.1) is 4.91 Å². The van der Waals surface area contributed by atoms with Crippen LogP contribution < -0.4 is 0 Å². The van der Waals surface area contributed by atoms with Crippen LogP contribution in [0.4, 0.5) is 0 Å². The van der Waals surface area contributed by atoms with E-state index in [-0.39, 0.29) is 28.3 Å². The fourth-order valence-electron chi connectivity index (χ4n) is 2.67. The molecule has 0 spiro atoms. The molecule has 0 N–H and O–H groups in total. The maximum atomic E-state index is 12.1. The Morgan fingerprint density at radius 3 is 2.30 bits per heavy atom. The normalized spacial score (nSPS) is 20.0. The van der Waals surface area contributed by atoms with E-state index in [0.717, 1.165) is 28.7 Å². The van der Waals surface area contributed by atoms with Crippen LogP contribution in [-0.4, -0.2) is 29.1 Å². The van der Waals surface area contributed by atoms with Gasteiger partial charge in [0.15, 0.2) is 5.17 Å². The standard InChI is InChI=1S/C18H22N2OS.BrH/c1-18(2,3)14-8-6-13(7-9-14)12-15-16(21)19-17(22-15)20-10-4-5-11-20;/h6-9,12H,4-5,10-11H2,1-3H3;1H/b15-12-;. The van der Waals surface area contributed by atoms with Crippen molar-refractivity contribution in [2.75, 3.05) is 13.1 Å². The summed E-state index contributed by atoms with van der Waals surface area (Å²) in [6.07, 6.45) is 4.34. The van der Waals surface area contributed by atoms with Gasteiger partial charge in [-0.15, -0.1) is 17.0 Å². The lowest BCUT2D eigenvalue weighted by Crippen LogP contribution is -2.23. The Bertz CT molecular complexity index is 638. The third-order valence-electron chi connectivity index (χ3n) is 4.06. The summed E-state index contributed by atoms with van der Waals surface area (Å²) in [5.74, 6) is -0.105. The third kappa shape index (κ3) is 4.27. The Balaban J connectivity index is 0.00000192. The molecule has 0 aliphatic carbocycles. The molecule has 2 aliphatic rings. The number of amidine groups is 1. The molecular formula is C18H23BrN2OS. The van der Waals surface area contributed by atoms with Crippen LogP contribution in [-0.2, 0) is 10.2 Å². The molecule has 1 saturated heterocycles. The molecule has 1 amide bonds. The Morgan fingerprint density at radius 1 is 1.13 bits per heavy atom. The predicted molar refractivity (Wildman–Crippen MR) is 104 cm³/mol. The van der Waals surface area contributed by atoms with E-state index in [1.165, 1.54) is 30.2 Å². The second-order valence-electron chi connectivity index (χ2n) is 6.88. The molecule has 0 radical (unpaired) electrons. The summed E-state index contributed by atoms with van der Waals surface area (Å²) in [5, 5.41) is 0.875. The molecule has 2 aliphatic heterocycles. The monoisotopic (exact) mass is 394 g/mol. The van der Waals surface area contributed by atoms with Gasteiger partial charge in [-0.1, -0.05) is 45.0 Å². The molecule has 0 atom stereocenters. The first-order valence-electron chi connectivity index (χ1n) is 7.81. The number of carbonyl (C=O) groups is 1. The van der Waals surface area contributed by atoms with Gasteiger partial charge in [0.1, 0.15) is 0 Å². The van der Waals surface area contributed by atoms with E-state index >= 15 is 0 Å². The molecule has 5 heteroatoms. The van der Waals surface area contributed by atoms with Crippen molar-refractivity contribution >= 4 is 45.9 Å². The summed E-state index contributed by atoms with van der Waals surface area (Å²) in [6, 6.07) is 8.43. The third-order valence-corrected chi connectivity index (χ3v) is 5.10. The van der Waals surface area contributed by atoms with Crippen LogP contribution in [0.25, 0.3) is 6.08 Å². The molecule has 0 aromatic heterocycles. The van der Waals surface area contributed by atoms with Crippen molar-refractivity contribution in [3.63, 3.8) is 0 Å². The minimum Gasteiger partial charge on any atom is -0.351 e. The molecule has 2 heterocycles. The molecule has 1 aromatic rings. The number of thioether (sulfide) groups is 1. The van der Waals surface area contributed by atoms with Gasteiger partial charge >= 0.3 is 0 Å². The van der Waals surface area contributed by atoms with Crippen molar-refractivity contribution in [2.24, 2.45) is 4.99 Å². The van der Waals surface area contributed by atoms with Gasteiger partial charge in [-0.2, -0.15) is 4.99 Å². The number of likely N-dealkylation sites (tertiary alicyclic amines) is 1. The van der Waals surface area contributed by atoms with Crippen LogP contribution in [0.3, 0.4) is 0 Å². The fraction of sp³-hybridized carbons (Fsp3) is 0.444. The van der Waals surface area contributed by atoms with E-state index in [1.807, 2.05) is 6.08 Å². The van der Waals surface area contributed by atoms with E-state index in [0.29, 0.717) is 0 Å². The molecule has 0 bridgehead atoms. The number of hydrogen-bond donors (Lipinski definition) is 0. The average Bonchev–Trinajstić information content (AvgIpc) is 3.09. The van der Waals surface area contributed by atoms with Crippen LogP contribution >= 0.6 is 28.7 Å². The van der Waals surface area contributed by atoms with Crippen LogP contribution in [0, 0.1) is 0 Å². The van der Waals surface area contributed by atoms with Gasteiger partial charge < -0.3 is 4.90 Å². The maximum absolute atomic E-state index is 12.1. The lowest BCUT2D eigenvalue weighted by atomic mass is 9.87. The number of rotatable bonds is 1. The highest BCUT2D eigenvalue weighted by atomic mass is 79.9. The van der Waals surface area contributed by atoms with Crippen LogP contribution in [0.1, 0.15) is 44.7 Å². The molecule has 23 heavy (non-hydrogen) atoms. The largest absolute Gasteiger partial charge is 0.351 e. The van der Waals surface area contributed by atoms with Crippen LogP contribution in [0.5, 0.6) is 0 Å². The van der Waals surface area contributed by atoms with Crippen LogP contribution in [0.2, 0.25) is 0 Å². The van der Waals surface area contributed by atoms with Crippen molar-refractivity contribution in [1.29, 1.82) is 0 Å². The van der Waals surface area contributed by atoms with Crippen molar-refractivity contribution in [3.05, 3.63) is 40.3 Å². The molecule has 0 saturated carbocycles. The van der Waals surface area contributed by atoms with Gasteiger partial charge in [-0.25, -0.2) is 0 Å². The zero-order valence-corrected chi connectivity index (χ0v) is 16.4. The highest BCUT2D eigenvalue weighted by molar-refractivity contribution is 8.93. The molecule has 1 aromatic carbocycles. The molecular weight excluding hydrogens is 372 g/mol. The van der Waals surface area contributed by atoms with Crippen molar-refractivity contribution in [3.8, 4) is 0 Å². The van der Waals surface area contributed by atoms with Gasteiger partial charge in [0.2, 0.25) is 0 Å². The van der Waals surface area contributed by atoms with Gasteiger partial charge in [-0.3, -0.25) is 4.79 Å². The molecule has 3 rings (SSSR count). The number of nitrogens with zero attached hydrogens (tertiary/aromatic N) is 2. The summed E-state index contributed by atoms with van der Waals surface area (Å²) in [4.78, 5) is 19.2. The zero-order chi connectivity index (χ0) is 15.7. The Hall–Kier alpha value is -1.07. The summed E-state index contributed by atoms with van der Waals surface area (Å²) in [6.45, 7) is 8.65. The SMILES string of the molecule is Br.CC(C)(C)c1ccc(/C=C2\SC(N3CCCC3)=NC2=O)cc1. The first kappa shape index (κ1) is 18.3. The first-order valence-corrected chi connectivity index (χ1v) is 8.63. The molecule has 124 valence electrons. The number of carbonyl (C=O) groups excluding carboxylic acids is 1. The number of halogens is 1. The van der Waals surface area contributed by atoms with E-state index in [2.05, 4.69) is 54.9 Å². The summed E-state index contributed by atoms with van der Waals surface area (Å²) in [7, 11) is 0. The van der Waals surface area contributed by atoms with E-state index in [1.54, 1.807) is 0 Å². The maximum Gasteiger partial charge on any atom is 0.286 e. The highest BCUT2D eigenvalue weighted by Gasteiger charge is 2.27. The summed E-state index contributed by atoms with van der Waals surface area (Å²) >= 11 is 1.51. The number of benzene rings is 1. The van der Waals surface area contributed by atoms with Crippen LogP contribution in [0.15, 0.2) is 34.2 Å². The lowest BCUT2D eigenvalue weighted by molar-refractivity contribution is -0.113. The van der Waals surface area contributed by atoms with E-state index < -0.39 is 0 Å². The minimum absolute atomic E-state index is 0. The van der Waals surface area contributed by atoms with Gasteiger partial charge in [0.25, 0.3) is 5.91 Å². The summed E-state index contributed by atoms with van der Waals surface area (Å²) < 4.78 is 0. The quantitative estimate of drug-likeness (QED) is 0.650. The second-order valence-corrected chi connectivity index (χ2v) is 7.89. The number of aliphatic imine (C=N–C) groups is 1. The second kappa shape index (κ2) is 7.22.